The molecule has 0 aromatic heterocycles. The zero-order chi connectivity index (χ0) is 16.8. The van der Waals surface area contributed by atoms with Gasteiger partial charge in [0.2, 0.25) is 11.8 Å². The smallest absolute Gasteiger partial charge is 0.227 e. The summed E-state index contributed by atoms with van der Waals surface area (Å²) in [4.78, 5) is 26.0. The maximum atomic E-state index is 12.2. The molecule has 1 aromatic carbocycles. The van der Waals surface area contributed by atoms with Gasteiger partial charge in [0.1, 0.15) is 5.75 Å². The van der Waals surface area contributed by atoms with Gasteiger partial charge < -0.3 is 15.0 Å². The lowest BCUT2D eigenvalue weighted by molar-refractivity contribution is -0.126. The molecule has 1 fully saturated rings. The summed E-state index contributed by atoms with van der Waals surface area (Å²) >= 11 is 7.89. The van der Waals surface area contributed by atoms with Crippen LogP contribution in [0, 0.1) is 5.92 Å². The molecule has 0 spiro atoms. The van der Waals surface area contributed by atoms with Crippen molar-refractivity contribution in [3.8, 4) is 5.75 Å². The van der Waals surface area contributed by atoms with E-state index >= 15 is 0 Å². The minimum atomic E-state index is -0.310. The molecule has 0 aliphatic carbocycles. The van der Waals surface area contributed by atoms with Gasteiger partial charge in [-0.05, 0) is 24.0 Å². The topological polar surface area (TPSA) is 58.6 Å². The molecule has 0 bridgehead atoms. The van der Waals surface area contributed by atoms with E-state index in [1.165, 1.54) is 0 Å². The summed E-state index contributed by atoms with van der Waals surface area (Å²) in [5.41, 5.74) is 0.692. The Hall–Kier alpha value is -1.40. The van der Waals surface area contributed by atoms with Gasteiger partial charge in [-0.15, -0.1) is 0 Å². The summed E-state index contributed by atoms with van der Waals surface area (Å²) in [6.07, 6.45) is 0.233. The number of benzene rings is 1. The first-order valence-corrected chi connectivity index (χ1v) is 9.09. The Bertz CT molecular complexity index is 582. The van der Waals surface area contributed by atoms with E-state index in [0.717, 1.165) is 11.5 Å². The van der Waals surface area contributed by atoms with Gasteiger partial charge in [-0.3, -0.25) is 9.59 Å². The summed E-state index contributed by atoms with van der Waals surface area (Å²) in [5, 5.41) is 3.34. The zero-order valence-electron chi connectivity index (χ0n) is 13.3. The summed E-state index contributed by atoms with van der Waals surface area (Å²) in [6, 6.07) is 5.19. The Balaban J connectivity index is 1.97. The van der Waals surface area contributed by atoms with Gasteiger partial charge in [0.25, 0.3) is 0 Å². The van der Waals surface area contributed by atoms with Gasteiger partial charge in [-0.2, -0.15) is 11.8 Å². The molecule has 1 aliphatic heterocycles. The van der Waals surface area contributed by atoms with Crippen LogP contribution < -0.4 is 15.0 Å². The highest BCUT2D eigenvalue weighted by atomic mass is 35.5. The molecule has 1 aliphatic rings. The van der Waals surface area contributed by atoms with Crippen LogP contribution >= 0.6 is 23.4 Å². The fraction of sp³-hybridized carbons (Fsp3) is 0.500. The van der Waals surface area contributed by atoms with Crippen molar-refractivity contribution in [2.45, 2.75) is 13.3 Å². The van der Waals surface area contributed by atoms with Gasteiger partial charge in [0, 0.05) is 31.0 Å². The highest BCUT2D eigenvalue weighted by Gasteiger charge is 2.35. The molecule has 0 saturated carbocycles. The van der Waals surface area contributed by atoms with Crippen LogP contribution in [0.2, 0.25) is 5.02 Å². The van der Waals surface area contributed by atoms with Crippen molar-refractivity contribution in [2.75, 3.05) is 36.6 Å². The number of ether oxygens (including phenoxy) is 1. The van der Waals surface area contributed by atoms with Crippen LogP contribution in [0.15, 0.2) is 18.2 Å². The lowest BCUT2D eigenvalue weighted by Crippen LogP contribution is -2.34. The monoisotopic (exact) mass is 356 g/mol. The number of amides is 2. The van der Waals surface area contributed by atoms with E-state index in [9.17, 15) is 9.59 Å². The first-order valence-electron chi connectivity index (χ1n) is 7.56. The Morgan fingerprint density at radius 3 is 2.96 bits per heavy atom. The second kappa shape index (κ2) is 8.45. The third-order valence-corrected chi connectivity index (χ3v) is 4.89. The minimum absolute atomic E-state index is 0.0582. The molecule has 1 aromatic rings. The lowest BCUT2D eigenvalue weighted by Gasteiger charge is -2.17. The number of methoxy groups -OCH3 is 1. The van der Waals surface area contributed by atoms with Crippen LogP contribution in [-0.2, 0) is 9.59 Å². The van der Waals surface area contributed by atoms with Crippen molar-refractivity contribution in [1.82, 2.24) is 5.32 Å². The van der Waals surface area contributed by atoms with Gasteiger partial charge in [-0.25, -0.2) is 0 Å². The highest BCUT2D eigenvalue weighted by Crippen LogP contribution is 2.32. The predicted molar refractivity (Wildman–Crippen MR) is 94.5 cm³/mol. The Morgan fingerprint density at radius 1 is 1.52 bits per heavy atom. The van der Waals surface area contributed by atoms with Gasteiger partial charge in [0.05, 0.1) is 18.1 Å². The zero-order valence-corrected chi connectivity index (χ0v) is 14.9. The van der Waals surface area contributed by atoms with Crippen LogP contribution in [0.25, 0.3) is 0 Å². The van der Waals surface area contributed by atoms with Gasteiger partial charge in [-0.1, -0.05) is 18.5 Å². The Morgan fingerprint density at radius 2 is 2.30 bits per heavy atom. The normalized spacial score (nSPS) is 17.4. The quantitative estimate of drug-likeness (QED) is 0.763. The van der Waals surface area contributed by atoms with E-state index < -0.39 is 0 Å². The van der Waals surface area contributed by atoms with E-state index in [2.05, 4.69) is 12.2 Å². The first-order chi connectivity index (χ1) is 11.1. The van der Waals surface area contributed by atoms with Crippen LogP contribution in [0.1, 0.15) is 13.3 Å². The maximum absolute atomic E-state index is 12.2. The molecule has 1 saturated heterocycles. The molecule has 5 nitrogen and oxygen atoms in total. The van der Waals surface area contributed by atoms with Crippen LogP contribution in [0.4, 0.5) is 5.69 Å². The van der Waals surface area contributed by atoms with Crippen molar-refractivity contribution in [2.24, 2.45) is 5.92 Å². The number of halogens is 1. The SMILES string of the molecule is CCSCCNC(=O)[C@H]1CC(=O)N(c2ccc(OC)c(Cl)c2)C1. The van der Waals surface area contributed by atoms with Crippen molar-refractivity contribution in [3.63, 3.8) is 0 Å². The number of hydrogen-bond acceptors (Lipinski definition) is 4. The van der Waals surface area contributed by atoms with Crippen LogP contribution in [0.3, 0.4) is 0 Å². The van der Waals surface area contributed by atoms with Crippen molar-refractivity contribution < 1.29 is 14.3 Å². The van der Waals surface area contributed by atoms with Crippen molar-refractivity contribution in [1.29, 1.82) is 0 Å². The fourth-order valence-corrected chi connectivity index (χ4v) is 3.28. The maximum Gasteiger partial charge on any atom is 0.227 e. The number of carbonyl (C=O) groups excluding carboxylic acids is 2. The summed E-state index contributed by atoms with van der Waals surface area (Å²) in [6.45, 7) is 3.10. The largest absolute Gasteiger partial charge is 0.495 e. The fourth-order valence-electron chi connectivity index (χ4n) is 2.49. The van der Waals surface area contributed by atoms with Crippen molar-refractivity contribution >= 4 is 40.9 Å². The summed E-state index contributed by atoms with van der Waals surface area (Å²) in [5.74, 6) is 2.05. The molecule has 23 heavy (non-hydrogen) atoms. The number of nitrogens with one attached hydrogen (secondary N) is 1. The Kier molecular flexibility index (Phi) is 6.59. The van der Waals surface area contributed by atoms with Gasteiger partial charge in [0.15, 0.2) is 0 Å². The number of rotatable bonds is 7. The molecule has 2 rings (SSSR count). The number of anilines is 1. The molecular formula is C16H21ClN2O3S. The van der Waals surface area contributed by atoms with E-state index in [1.807, 2.05) is 0 Å². The number of carbonyl (C=O) groups is 2. The lowest BCUT2D eigenvalue weighted by atomic mass is 10.1. The van der Waals surface area contributed by atoms with Crippen LogP contribution in [-0.4, -0.2) is 43.5 Å². The number of nitrogens with zero attached hydrogens (tertiary/aromatic N) is 1. The second-order valence-corrected chi connectivity index (χ2v) is 7.01. The van der Waals surface area contributed by atoms with E-state index in [4.69, 9.17) is 16.3 Å². The predicted octanol–water partition coefficient (Wildman–Crippen LogP) is 2.57. The molecule has 1 heterocycles. The first kappa shape index (κ1) is 17.9. The van der Waals surface area contributed by atoms with Gasteiger partial charge >= 0.3 is 0 Å². The minimum Gasteiger partial charge on any atom is -0.495 e. The molecule has 2 amide bonds. The summed E-state index contributed by atoms with van der Waals surface area (Å²) in [7, 11) is 1.54. The molecule has 126 valence electrons. The summed E-state index contributed by atoms with van der Waals surface area (Å²) < 4.78 is 5.11. The average molecular weight is 357 g/mol. The molecule has 0 unspecified atom stereocenters. The molecule has 0 radical (unpaired) electrons. The second-order valence-electron chi connectivity index (χ2n) is 5.21. The third-order valence-electron chi connectivity index (χ3n) is 3.69. The van der Waals surface area contributed by atoms with E-state index in [1.54, 1.807) is 42.0 Å². The van der Waals surface area contributed by atoms with E-state index in [-0.39, 0.29) is 24.2 Å². The standard InChI is InChI=1S/C16H21ClN2O3S/c1-3-23-7-6-18-16(21)11-8-15(20)19(10-11)12-4-5-14(22-2)13(17)9-12/h4-5,9,11H,3,6-8,10H2,1-2H3,(H,18,21)/t11-/m0/s1. The molecule has 1 atom stereocenters. The molecule has 1 N–H and O–H groups in total. The third kappa shape index (κ3) is 4.54. The Labute approximate surface area is 145 Å². The highest BCUT2D eigenvalue weighted by molar-refractivity contribution is 7.99. The molecule has 7 heteroatoms. The van der Waals surface area contributed by atoms with Crippen molar-refractivity contribution in [3.05, 3.63) is 23.2 Å². The molecular weight excluding hydrogens is 336 g/mol. The van der Waals surface area contributed by atoms with Crippen LogP contribution in [0.5, 0.6) is 5.75 Å². The van der Waals surface area contributed by atoms with E-state index in [0.29, 0.717) is 29.5 Å². The number of hydrogen-bond donors (Lipinski definition) is 1. The number of thioether (sulfide) groups is 1. The average Bonchev–Trinajstić information content (AvgIpc) is 2.93.